The molecule has 0 aliphatic rings. The first-order valence-corrected chi connectivity index (χ1v) is 5.83. The average molecular weight is 242 g/mol. The van der Waals surface area contributed by atoms with Crippen LogP contribution in [0.4, 0.5) is 16.2 Å². The summed E-state index contributed by atoms with van der Waals surface area (Å²) in [6.45, 7) is 0.905. The molecule has 96 valence electrons. The Bertz CT molecular complexity index is 335. The van der Waals surface area contributed by atoms with Crippen molar-refractivity contribution in [3.63, 3.8) is 0 Å². The summed E-state index contributed by atoms with van der Waals surface area (Å²) in [6.07, 6.45) is 4.91. The van der Waals surface area contributed by atoms with Crippen LogP contribution in [-0.4, -0.2) is 35.3 Å². The van der Waals surface area contributed by atoms with Crippen molar-refractivity contribution in [3.8, 4) is 0 Å². The lowest BCUT2D eigenvalue weighted by atomic mass is 10.2. The fourth-order valence-corrected chi connectivity index (χ4v) is 1.41. The van der Waals surface area contributed by atoms with Crippen molar-refractivity contribution in [3.05, 3.63) is 12.0 Å². The highest BCUT2D eigenvalue weighted by Gasteiger charge is 2.04. The lowest BCUT2D eigenvalue weighted by molar-refractivity contribution is 0.283. The zero-order chi connectivity index (χ0) is 12.5. The topological polar surface area (TPSA) is 70.1 Å². The van der Waals surface area contributed by atoms with Crippen molar-refractivity contribution in [1.29, 1.82) is 0 Å². The molecule has 0 bridgehead atoms. The smallest absolute Gasteiger partial charge is 0.224 e. The Morgan fingerprint density at radius 1 is 1.29 bits per heavy atom. The van der Waals surface area contributed by atoms with Gasteiger partial charge >= 0.3 is 0 Å². The third kappa shape index (κ3) is 4.95. The molecule has 0 saturated heterocycles. The second-order valence-corrected chi connectivity index (χ2v) is 3.70. The van der Waals surface area contributed by atoms with Crippen LogP contribution in [-0.2, 0) is 0 Å². The van der Waals surface area contributed by atoms with Crippen molar-refractivity contribution < 1.29 is 9.50 Å². The van der Waals surface area contributed by atoms with Crippen LogP contribution in [0.2, 0.25) is 0 Å². The maximum Gasteiger partial charge on any atom is 0.224 e. The summed E-state index contributed by atoms with van der Waals surface area (Å²) in [5.74, 6) is 0.181. The third-order valence-electron chi connectivity index (χ3n) is 2.35. The molecule has 6 heteroatoms. The van der Waals surface area contributed by atoms with Gasteiger partial charge in [0.15, 0.2) is 11.6 Å². The molecule has 0 amide bonds. The Kier molecular flexibility index (Phi) is 6.24. The number of unbranched alkanes of at least 4 members (excludes halogenated alkanes) is 3. The Balaban J connectivity index is 2.30. The Hall–Kier alpha value is -1.43. The lowest BCUT2D eigenvalue weighted by Gasteiger charge is -2.07. The van der Waals surface area contributed by atoms with Gasteiger partial charge in [0.2, 0.25) is 5.95 Å². The van der Waals surface area contributed by atoms with Gasteiger partial charge in [-0.2, -0.15) is 4.98 Å². The van der Waals surface area contributed by atoms with E-state index in [-0.39, 0.29) is 12.4 Å². The summed E-state index contributed by atoms with van der Waals surface area (Å²) in [5.41, 5.74) is 0. The van der Waals surface area contributed by atoms with Crippen LogP contribution in [0.5, 0.6) is 0 Å². The molecule has 0 aliphatic heterocycles. The quantitative estimate of drug-likeness (QED) is 0.604. The molecule has 0 unspecified atom stereocenters. The Labute approximate surface area is 100 Å². The molecule has 1 aromatic rings. The molecule has 1 rings (SSSR count). The Morgan fingerprint density at radius 3 is 2.76 bits per heavy atom. The highest BCUT2D eigenvalue weighted by atomic mass is 19.1. The van der Waals surface area contributed by atoms with Gasteiger partial charge in [0.05, 0.1) is 6.20 Å². The maximum absolute atomic E-state index is 13.3. The zero-order valence-electron chi connectivity index (χ0n) is 10.0. The molecule has 1 aromatic heterocycles. The van der Waals surface area contributed by atoms with E-state index in [9.17, 15) is 4.39 Å². The van der Waals surface area contributed by atoms with Gasteiger partial charge in [0.1, 0.15) is 0 Å². The normalized spacial score (nSPS) is 10.3. The van der Waals surface area contributed by atoms with Gasteiger partial charge in [-0.15, -0.1) is 0 Å². The molecular weight excluding hydrogens is 223 g/mol. The van der Waals surface area contributed by atoms with Gasteiger partial charge in [0, 0.05) is 20.2 Å². The van der Waals surface area contributed by atoms with Gasteiger partial charge in [-0.05, 0) is 12.8 Å². The van der Waals surface area contributed by atoms with Crippen LogP contribution in [0.1, 0.15) is 25.7 Å². The Morgan fingerprint density at radius 2 is 2.06 bits per heavy atom. The number of aromatic nitrogens is 2. The fourth-order valence-electron chi connectivity index (χ4n) is 1.41. The van der Waals surface area contributed by atoms with Gasteiger partial charge in [-0.3, -0.25) is 0 Å². The molecule has 1 heterocycles. The van der Waals surface area contributed by atoms with Gasteiger partial charge in [-0.1, -0.05) is 12.8 Å². The van der Waals surface area contributed by atoms with Gasteiger partial charge < -0.3 is 15.7 Å². The number of halogens is 1. The fraction of sp³-hybridized carbons (Fsp3) is 0.636. The van der Waals surface area contributed by atoms with E-state index >= 15 is 0 Å². The number of rotatable bonds is 8. The van der Waals surface area contributed by atoms with Crippen molar-refractivity contribution in [2.24, 2.45) is 0 Å². The summed E-state index contributed by atoms with van der Waals surface area (Å²) in [5, 5.41) is 14.3. The summed E-state index contributed by atoms with van der Waals surface area (Å²) < 4.78 is 13.3. The van der Waals surface area contributed by atoms with E-state index < -0.39 is 5.82 Å². The van der Waals surface area contributed by atoms with Crippen LogP contribution < -0.4 is 10.6 Å². The van der Waals surface area contributed by atoms with E-state index in [1.807, 2.05) is 0 Å². The number of nitrogens with one attached hydrogen (secondary N) is 2. The highest BCUT2D eigenvalue weighted by Crippen LogP contribution is 2.11. The predicted molar refractivity (Wildman–Crippen MR) is 65.6 cm³/mol. The van der Waals surface area contributed by atoms with Gasteiger partial charge in [-0.25, -0.2) is 9.37 Å². The molecule has 0 saturated carbocycles. The number of aliphatic hydroxyl groups excluding tert-OH is 1. The van der Waals surface area contributed by atoms with E-state index in [2.05, 4.69) is 20.6 Å². The molecule has 17 heavy (non-hydrogen) atoms. The molecule has 5 nitrogen and oxygen atoms in total. The minimum atomic E-state index is -0.445. The second-order valence-electron chi connectivity index (χ2n) is 3.70. The first-order valence-electron chi connectivity index (χ1n) is 5.83. The average Bonchev–Trinajstić information content (AvgIpc) is 2.35. The number of hydrogen-bond acceptors (Lipinski definition) is 5. The van der Waals surface area contributed by atoms with E-state index in [4.69, 9.17) is 5.11 Å². The second kappa shape index (κ2) is 7.78. The first-order chi connectivity index (χ1) is 8.27. The highest BCUT2D eigenvalue weighted by molar-refractivity contribution is 5.40. The summed E-state index contributed by atoms with van der Waals surface area (Å²) in [6, 6.07) is 0. The van der Waals surface area contributed by atoms with E-state index in [0.717, 1.165) is 31.9 Å². The van der Waals surface area contributed by atoms with E-state index in [1.54, 1.807) is 7.05 Å². The predicted octanol–water partition coefficient (Wildman–Crippen LogP) is 1.62. The molecule has 0 atom stereocenters. The third-order valence-corrected chi connectivity index (χ3v) is 2.35. The minimum absolute atomic E-state index is 0.228. The molecule has 0 radical (unpaired) electrons. The van der Waals surface area contributed by atoms with Crippen molar-refractivity contribution >= 4 is 11.8 Å². The van der Waals surface area contributed by atoms with Crippen LogP contribution in [0, 0.1) is 5.82 Å². The lowest BCUT2D eigenvalue weighted by Crippen LogP contribution is -2.08. The number of hydrogen-bond donors (Lipinski definition) is 3. The number of aliphatic hydroxyl groups is 1. The van der Waals surface area contributed by atoms with Crippen LogP contribution >= 0.6 is 0 Å². The monoisotopic (exact) mass is 242 g/mol. The summed E-state index contributed by atoms with van der Waals surface area (Å²) in [7, 11) is 1.69. The molecule has 0 fully saturated rings. The summed E-state index contributed by atoms with van der Waals surface area (Å²) >= 11 is 0. The standard InChI is InChI=1S/C11H19FN4O/c1-13-11-15-8-9(12)10(16-11)14-6-4-2-3-5-7-17/h8,17H,2-7H2,1H3,(H2,13,14,15,16). The van der Waals surface area contributed by atoms with Gasteiger partial charge in [0.25, 0.3) is 0 Å². The summed E-state index contributed by atoms with van der Waals surface area (Å²) in [4.78, 5) is 7.74. The zero-order valence-corrected chi connectivity index (χ0v) is 10.0. The largest absolute Gasteiger partial charge is 0.396 e. The SMILES string of the molecule is CNc1ncc(F)c(NCCCCCCO)n1. The van der Waals surface area contributed by atoms with E-state index in [0.29, 0.717) is 12.5 Å². The first kappa shape index (κ1) is 13.6. The number of nitrogens with zero attached hydrogens (tertiary/aromatic N) is 2. The molecule has 3 N–H and O–H groups in total. The van der Waals surface area contributed by atoms with Crippen LogP contribution in [0.25, 0.3) is 0 Å². The van der Waals surface area contributed by atoms with Crippen LogP contribution in [0.15, 0.2) is 6.20 Å². The molecular formula is C11H19FN4O. The van der Waals surface area contributed by atoms with Crippen LogP contribution in [0.3, 0.4) is 0 Å². The minimum Gasteiger partial charge on any atom is -0.396 e. The maximum atomic E-state index is 13.3. The van der Waals surface area contributed by atoms with Crippen molar-refractivity contribution in [2.75, 3.05) is 30.8 Å². The molecule has 0 spiro atoms. The molecule has 0 aromatic carbocycles. The van der Waals surface area contributed by atoms with Crippen molar-refractivity contribution in [2.45, 2.75) is 25.7 Å². The number of anilines is 2. The van der Waals surface area contributed by atoms with E-state index in [1.165, 1.54) is 0 Å². The van der Waals surface area contributed by atoms with Crippen molar-refractivity contribution in [1.82, 2.24) is 9.97 Å². The molecule has 0 aliphatic carbocycles.